The monoisotopic (exact) mass is 501 g/mol. The molecule has 1 saturated heterocycles. The van der Waals surface area contributed by atoms with Crippen LogP contribution in [-0.2, 0) is 12.8 Å². The molecule has 0 spiro atoms. The molecule has 0 bridgehead atoms. The zero-order valence-corrected chi connectivity index (χ0v) is 21.4. The summed E-state index contributed by atoms with van der Waals surface area (Å²) in [5.41, 5.74) is 12.0. The SMILES string of the molecule is O=C(N=C1C=CCc2[nH]c3ccccc3c21)NN1CCc2cc(N3CCC(c4ccccc4)CC3)ccc21. The fourth-order valence-electron chi connectivity index (χ4n) is 6.26. The number of amides is 2. The first kappa shape index (κ1) is 22.8. The minimum absolute atomic E-state index is 0.345. The van der Waals surface area contributed by atoms with Crippen LogP contribution in [0, 0.1) is 0 Å². The molecule has 1 aromatic heterocycles. The van der Waals surface area contributed by atoms with Gasteiger partial charge in [-0.2, -0.15) is 4.99 Å². The third kappa shape index (κ3) is 4.16. The van der Waals surface area contributed by atoms with E-state index >= 15 is 0 Å². The minimum Gasteiger partial charge on any atom is -0.371 e. The van der Waals surface area contributed by atoms with Crippen molar-refractivity contribution in [2.75, 3.05) is 29.5 Å². The van der Waals surface area contributed by atoms with Crippen molar-refractivity contribution in [2.45, 2.75) is 31.6 Å². The Morgan fingerprint density at radius 1 is 0.947 bits per heavy atom. The summed E-state index contributed by atoms with van der Waals surface area (Å²) in [5, 5.41) is 3.04. The largest absolute Gasteiger partial charge is 0.371 e. The fourth-order valence-corrected chi connectivity index (χ4v) is 6.26. The van der Waals surface area contributed by atoms with E-state index in [1.807, 2.05) is 23.2 Å². The molecule has 3 heterocycles. The number of benzene rings is 3. The first-order chi connectivity index (χ1) is 18.7. The number of carbonyl (C=O) groups excluding carboxylic acids is 1. The van der Waals surface area contributed by atoms with Crippen molar-refractivity contribution >= 4 is 34.0 Å². The van der Waals surface area contributed by atoms with Gasteiger partial charge in [-0.25, -0.2) is 10.2 Å². The maximum atomic E-state index is 13.0. The topological polar surface area (TPSA) is 63.7 Å². The van der Waals surface area contributed by atoms with Crippen LogP contribution in [0.1, 0.15) is 41.1 Å². The molecule has 0 atom stereocenters. The van der Waals surface area contributed by atoms with Gasteiger partial charge in [0, 0.05) is 53.9 Å². The van der Waals surface area contributed by atoms with Crippen molar-refractivity contribution in [3.63, 3.8) is 0 Å². The molecule has 4 aromatic rings. The average Bonchev–Trinajstić information content (AvgIpc) is 3.55. The molecule has 0 unspecified atom stereocenters. The van der Waals surface area contributed by atoms with Crippen LogP contribution in [0.4, 0.5) is 16.2 Å². The number of aromatic amines is 1. The second kappa shape index (κ2) is 9.53. The van der Waals surface area contributed by atoms with Crippen molar-refractivity contribution in [3.05, 3.63) is 107 Å². The van der Waals surface area contributed by atoms with Crippen molar-refractivity contribution in [1.82, 2.24) is 10.4 Å². The number of aromatic nitrogens is 1. The lowest BCUT2D eigenvalue weighted by molar-refractivity contribution is 0.248. The number of hydrazine groups is 1. The summed E-state index contributed by atoms with van der Waals surface area (Å²) < 4.78 is 0. The highest BCUT2D eigenvalue weighted by Crippen LogP contribution is 2.34. The number of rotatable bonds is 3. The third-order valence-electron chi connectivity index (χ3n) is 8.18. The van der Waals surface area contributed by atoms with Gasteiger partial charge in [-0.05, 0) is 66.6 Å². The van der Waals surface area contributed by atoms with E-state index in [1.165, 1.54) is 29.7 Å². The summed E-state index contributed by atoms with van der Waals surface area (Å²) in [4.78, 5) is 23.5. The maximum absolute atomic E-state index is 13.0. The van der Waals surface area contributed by atoms with Crippen molar-refractivity contribution < 1.29 is 4.79 Å². The normalized spacial score (nSPS) is 18.2. The molecule has 2 aliphatic heterocycles. The number of urea groups is 1. The van der Waals surface area contributed by atoms with E-state index in [2.05, 4.69) is 87.0 Å². The number of aliphatic imine (C=N–C) groups is 1. The van der Waals surface area contributed by atoms with Gasteiger partial charge in [-0.3, -0.25) is 5.01 Å². The summed E-state index contributed by atoms with van der Waals surface area (Å²) >= 11 is 0. The summed E-state index contributed by atoms with van der Waals surface area (Å²) in [7, 11) is 0. The highest BCUT2D eigenvalue weighted by atomic mass is 16.2. The molecule has 2 N–H and O–H groups in total. The molecule has 6 heteroatoms. The zero-order chi connectivity index (χ0) is 25.5. The first-order valence-corrected chi connectivity index (χ1v) is 13.6. The standard InChI is InChI=1S/C32H31N5O/c38-32(34-29-12-6-11-28-31(29)26-9-4-5-10-27(26)33-28)35-37-20-17-24-21-25(13-14-30(24)37)36-18-15-23(16-19-36)22-7-2-1-3-8-22/h1-10,12-14,21,23,33H,11,15-20H2,(H,35,38). The van der Waals surface area contributed by atoms with Crippen molar-refractivity contribution in [3.8, 4) is 0 Å². The molecule has 0 radical (unpaired) electrons. The van der Waals surface area contributed by atoms with Crippen LogP contribution in [0.25, 0.3) is 10.9 Å². The molecule has 1 aliphatic carbocycles. The van der Waals surface area contributed by atoms with Crippen LogP contribution in [0.15, 0.2) is 89.9 Å². The van der Waals surface area contributed by atoms with E-state index in [9.17, 15) is 4.79 Å². The maximum Gasteiger partial charge on any atom is 0.360 e. The number of H-pyrrole nitrogens is 1. The number of piperidine rings is 1. The summed E-state index contributed by atoms with van der Waals surface area (Å²) in [5.74, 6) is 0.647. The molecule has 3 aliphatic rings. The zero-order valence-electron chi connectivity index (χ0n) is 21.4. The Morgan fingerprint density at radius 2 is 1.76 bits per heavy atom. The van der Waals surface area contributed by atoms with Gasteiger partial charge in [0.05, 0.1) is 11.4 Å². The molecule has 7 rings (SSSR count). The molecule has 2 amide bonds. The minimum atomic E-state index is -0.345. The Labute approximate surface area is 222 Å². The third-order valence-corrected chi connectivity index (χ3v) is 8.18. The fraction of sp³-hybridized carbons (Fsp3) is 0.250. The van der Waals surface area contributed by atoms with Gasteiger partial charge < -0.3 is 9.88 Å². The second-order valence-electron chi connectivity index (χ2n) is 10.4. The van der Waals surface area contributed by atoms with Crippen LogP contribution in [-0.4, -0.2) is 36.4 Å². The highest BCUT2D eigenvalue weighted by Gasteiger charge is 2.25. The number of carbonyl (C=O) groups is 1. The summed E-state index contributed by atoms with van der Waals surface area (Å²) in [6.45, 7) is 2.89. The van der Waals surface area contributed by atoms with Gasteiger partial charge in [0.2, 0.25) is 0 Å². The smallest absolute Gasteiger partial charge is 0.360 e. The van der Waals surface area contributed by atoms with Gasteiger partial charge in [-0.1, -0.05) is 54.6 Å². The van der Waals surface area contributed by atoms with E-state index in [0.717, 1.165) is 60.3 Å². The molecule has 1 fully saturated rings. The second-order valence-corrected chi connectivity index (χ2v) is 10.4. The Balaban J connectivity index is 1.04. The molecular weight excluding hydrogens is 470 g/mol. The van der Waals surface area contributed by atoms with E-state index in [-0.39, 0.29) is 6.03 Å². The molecule has 38 heavy (non-hydrogen) atoms. The lowest BCUT2D eigenvalue weighted by Gasteiger charge is -2.34. The van der Waals surface area contributed by atoms with Crippen LogP contribution in [0.3, 0.4) is 0 Å². The van der Waals surface area contributed by atoms with Gasteiger partial charge in [0.1, 0.15) is 0 Å². The number of hydrogen-bond donors (Lipinski definition) is 2. The molecule has 190 valence electrons. The van der Waals surface area contributed by atoms with Gasteiger partial charge in [0.15, 0.2) is 0 Å². The van der Waals surface area contributed by atoms with Crippen molar-refractivity contribution in [1.29, 1.82) is 0 Å². The number of anilines is 2. The van der Waals surface area contributed by atoms with Crippen LogP contribution >= 0.6 is 0 Å². The van der Waals surface area contributed by atoms with Gasteiger partial charge in [-0.15, -0.1) is 0 Å². The molecule has 6 nitrogen and oxygen atoms in total. The summed E-state index contributed by atoms with van der Waals surface area (Å²) in [6.07, 6.45) is 8.09. The predicted molar refractivity (Wildman–Crippen MR) is 154 cm³/mol. The van der Waals surface area contributed by atoms with Crippen LogP contribution in [0.5, 0.6) is 0 Å². The summed E-state index contributed by atoms with van der Waals surface area (Å²) in [6, 6.07) is 25.4. The molecule has 0 saturated carbocycles. The van der Waals surface area contributed by atoms with E-state index < -0.39 is 0 Å². The first-order valence-electron chi connectivity index (χ1n) is 13.6. The number of para-hydroxylation sites is 1. The highest BCUT2D eigenvalue weighted by molar-refractivity contribution is 6.20. The van der Waals surface area contributed by atoms with Gasteiger partial charge >= 0.3 is 6.03 Å². The quantitative estimate of drug-likeness (QED) is 0.354. The van der Waals surface area contributed by atoms with Crippen molar-refractivity contribution in [2.24, 2.45) is 4.99 Å². The van der Waals surface area contributed by atoms with Gasteiger partial charge in [0.25, 0.3) is 0 Å². The predicted octanol–water partition coefficient (Wildman–Crippen LogP) is 6.14. The van der Waals surface area contributed by atoms with E-state index in [1.54, 1.807) is 0 Å². The lowest BCUT2D eigenvalue weighted by Crippen LogP contribution is -2.40. The molecular formula is C32H31N5O. The number of hydrogen-bond acceptors (Lipinski definition) is 3. The molecule has 3 aromatic carbocycles. The number of nitrogens with one attached hydrogen (secondary N) is 2. The van der Waals surface area contributed by atoms with Crippen LogP contribution < -0.4 is 15.3 Å². The van der Waals surface area contributed by atoms with E-state index in [4.69, 9.17) is 0 Å². The average molecular weight is 502 g/mol. The van der Waals surface area contributed by atoms with Crippen LogP contribution in [0.2, 0.25) is 0 Å². The Hall–Kier alpha value is -4.32. The lowest BCUT2D eigenvalue weighted by atomic mass is 9.89. The Morgan fingerprint density at radius 3 is 2.63 bits per heavy atom. The number of fused-ring (bicyclic) bond motifs is 4. The van der Waals surface area contributed by atoms with E-state index in [0.29, 0.717) is 11.6 Å². The number of allylic oxidation sites excluding steroid dienone is 2. The Kier molecular flexibility index (Phi) is 5.73. The number of nitrogens with zero attached hydrogens (tertiary/aromatic N) is 3. The Bertz CT molecular complexity index is 1560.